The zero-order chi connectivity index (χ0) is 16.6. The van der Waals surface area contributed by atoms with Crippen LogP contribution >= 0.6 is 0 Å². The van der Waals surface area contributed by atoms with Gasteiger partial charge >= 0.3 is 5.69 Å². The summed E-state index contributed by atoms with van der Waals surface area (Å²) in [5.41, 5.74) is 2.73. The van der Waals surface area contributed by atoms with E-state index in [0.29, 0.717) is 17.3 Å². The lowest BCUT2D eigenvalue weighted by Crippen LogP contribution is -2.39. The van der Waals surface area contributed by atoms with Crippen molar-refractivity contribution in [3.8, 4) is 11.1 Å². The van der Waals surface area contributed by atoms with Gasteiger partial charge in [0.1, 0.15) is 0 Å². The monoisotopic (exact) mass is 301 g/mol. The van der Waals surface area contributed by atoms with Crippen molar-refractivity contribution in [1.82, 2.24) is 14.0 Å². The molecule has 2 aromatic rings. The molecule has 1 aromatic carbocycles. The highest BCUT2D eigenvalue weighted by molar-refractivity contribution is 5.65. The molecular weight excluding hydrogens is 278 g/mol. The smallest absolute Gasteiger partial charge is 0.303 e. The van der Waals surface area contributed by atoms with Gasteiger partial charge in [-0.15, -0.1) is 0 Å². The topological polar surface area (TPSA) is 47.2 Å². The Bertz CT molecular complexity index is 798. The minimum absolute atomic E-state index is 0.256. The molecule has 1 aromatic heterocycles. The van der Waals surface area contributed by atoms with Crippen LogP contribution in [-0.2, 0) is 14.1 Å². The third-order valence-corrected chi connectivity index (χ3v) is 4.41. The molecule has 0 aliphatic carbocycles. The van der Waals surface area contributed by atoms with Crippen LogP contribution in [0, 0.1) is 6.92 Å². The van der Waals surface area contributed by atoms with Crippen molar-refractivity contribution in [3.05, 3.63) is 56.4 Å². The molecule has 1 unspecified atom stereocenters. The molecule has 0 aliphatic heterocycles. The Hall–Kier alpha value is -2.14. The lowest BCUT2D eigenvalue weighted by atomic mass is 10.0. The van der Waals surface area contributed by atoms with Crippen molar-refractivity contribution in [2.45, 2.75) is 19.9 Å². The third kappa shape index (κ3) is 2.64. The second-order valence-electron chi connectivity index (χ2n) is 5.93. The predicted molar refractivity (Wildman–Crippen MR) is 89.2 cm³/mol. The average Bonchev–Trinajstić information content (AvgIpc) is 2.51. The summed E-state index contributed by atoms with van der Waals surface area (Å²) >= 11 is 0. The first-order valence-electron chi connectivity index (χ1n) is 7.29. The summed E-state index contributed by atoms with van der Waals surface area (Å²) in [7, 11) is 7.26. The number of hydrogen-bond donors (Lipinski definition) is 0. The fourth-order valence-corrected chi connectivity index (χ4v) is 2.50. The van der Waals surface area contributed by atoms with Crippen LogP contribution in [0.25, 0.3) is 11.1 Å². The molecule has 5 heteroatoms. The highest BCUT2D eigenvalue weighted by Crippen LogP contribution is 2.23. The van der Waals surface area contributed by atoms with Gasteiger partial charge in [-0.3, -0.25) is 9.36 Å². The summed E-state index contributed by atoms with van der Waals surface area (Å²) in [6.45, 7) is 3.93. The van der Waals surface area contributed by atoms with Gasteiger partial charge in [0, 0.05) is 25.8 Å². The summed E-state index contributed by atoms with van der Waals surface area (Å²) in [6, 6.07) is 8.26. The second kappa shape index (κ2) is 5.93. The summed E-state index contributed by atoms with van der Waals surface area (Å²) in [6.07, 6.45) is 0. The first-order valence-corrected chi connectivity index (χ1v) is 7.29. The minimum atomic E-state index is -0.302. The molecule has 0 bridgehead atoms. The van der Waals surface area contributed by atoms with Crippen LogP contribution in [-0.4, -0.2) is 28.1 Å². The van der Waals surface area contributed by atoms with Crippen LogP contribution < -0.4 is 11.2 Å². The molecule has 0 amide bonds. The lowest BCUT2D eigenvalue weighted by molar-refractivity contribution is 0.321. The van der Waals surface area contributed by atoms with E-state index in [4.69, 9.17) is 0 Å². The summed E-state index contributed by atoms with van der Waals surface area (Å²) in [5, 5.41) is 0. The van der Waals surface area contributed by atoms with Crippen LogP contribution in [0.4, 0.5) is 0 Å². The van der Waals surface area contributed by atoms with Gasteiger partial charge in [0.2, 0.25) is 0 Å². The molecule has 2 rings (SSSR count). The zero-order valence-corrected chi connectivity index (χ0v) is 14.0. The Kier molecular flexibility index (Phi) is 4.37. The number of aromatic nitrogens is 2. The molecule has 0 N–H and O–H groups in total. The molecule has 0 aliphatic rings. The van der Waals surface area contributed by atoms with Crippen molar-refractivity contribution in [3.63, 3.8) is 0 Å². The SMILES string of the molecule is Cc1c(-c2ccc(C(C)N(C)C)cc2)c(=O)n(C)c(=O)n1C. The van der Waals surface area contributed by atoms with Crippen LogP contribution in [0.3, 0.4) is 0 Å². The molecule has 1 atom stereocenters. The fraction of sp³-hybridized carbons (Fsp3) is 0.412. The van der Waals surface area contributed by atoms with Gasteiger partial charge in [0.25, 0.3) is 5.56 Å². The molecule has 118 valence electrons. The van der Waals surface area contributed by atoms with Crippen LogP contribution in [0.2, 0.25) is 0 Å². The maximum Gasteiger partial charge on any atom is 0.330 e. The van der Waals surface area contributed by atoms with Gasteiger partial charge in [0.15, 0.2) is 0 Å². The number of rotatable bonds is 3. The number of hydrogen-bond acceptors (Lipinski definition) is 3. The molecule has 5 nitrogen and oxygen atoms in total. The van der Waals surface area contributed by atoms with Crippen LogP contribution in [0.1, 0.15) is 24.2 Å². The molecular formula is C17H23N3O2. The maximum atomic E-state index is 12.4. The zero-order valence-electron chi connectivity index (χ0n) is 14.0. The molecule has 0 saturated carbocycles. The van der Waals surface area contributed by atoms with Crippen molar-refractivity contribution >= 4 is 0 Å². The van der Waals surface area contributed by atoms with E-state index in [1.807, 2.05) is 38.4 Å². The molecule has 0 spiro atoms. The molecule has 0 radical (unpaired) electrons. The van der Waals surface area contributed by atoms with E-state index < -0.39 is 0 Å². The highest BCUT2D eigenvalue weighted by Gasteiger charge is 2.15. The van der Waals surface area contributed by atoms with E-state index in [1.165, 1.54) is 17.2 Å². The Morgan fingerprint density at radius 3 is 2.05 bits per heavy atom. The normalized spacial score (nSPS) is 12.7. The second-order valence-corrected chi connectivity index (χ2v) is 5.93. The minimum Gasteiger partial charge on any atom is -0.303 e. The predicted octanol–water partition coefficient (Wildman–Crippen LogP) is 1.68. The lowest BCUT2D eigenvalue weighted by Gasteiger charge is -2.20. The fourth-order valence-electron chi connectivity index (χ4n) is 2.50. The Morgan fingerprint density at radius 1 is 1.00 bits per heavy atom. The van der Waals surface area contributed by atoms with Crippen LogP contribution in [0.15, 0.2) is 33.9 Å². The van der Waals surface area contributed by atoms with E-state index in [0.717, 1.165) is 10.1 Å². The molecule has 22 heavy (non-hydrogen) atoms. The van der Waals surface area contributed by atoms with Gasteiger partial charge < -0.3 is 9.47 Å². The van der Waals surface area contributed by atoms with E-state index >= 15 is 0 Å². The van der Waals surface area contributed by atoms with E-state index in [-0.39, 0.29) is 11.2 Å². The largest absolute Gasteiger partial charge is 0.330 e. The van der Waals surface area contributed by atoms with Gasteiger partial charge in [-0.1, -0.05) is 24.3 Å². The van der Waals surface area contributed by atoms with E-state index in [1.54, 1.807) is 14.0 Å². The van der Waals surface area contributed by atoms with Crippen molar-refractivity contribution < 1.29 is 0 Å². The first kappa shape index (κ1) is 16.2. The van der Waals surface area contributed by atoms with Gasteiger partial charge in [-0.25, -0.2) is 4.79 Å². The average molecular weight is 301 g/mol. The van der Waals surface area contributed by atoms with Crippen molar-refractivity contribution in [2.75, 3.05) is 14.1 Å². The van der Waals surface area contributed by atoms with Crippen molar-refractivity contribution in [1.29, 1.82) is 0 Å². The first-order chi connectivity index (χ1) is 10.3. The summed E-state index contributed by atoms with van der Waals surface area (Å²) in [5.74, 6) is 0. The Labute approximate surface area is 130 Å². The van der Waals surface area contributed by atoms with Gasteiger partial charge in [-0.05, 0) is 39.1 Å². The van der Waals surface area contributed by atoms with Gasteiger partial charge in [-0.2, -0.15) is 0 Å². The van der Waals surface area contributed by atoms with Crippen LogP contribution in [0.5, 0.6) is 0 Å². The number of nitrogens with zero attached hydrogens (tertiary/aromatic N) is 3. The molecule has 1 heterocycles. The molecule has 0 fully saturated rings. The van der Waals surface area contributed by atoms with E-state index in [2.05, 4.69) is 11.8 Å². The molecule has 0 saturated heterocycles. The third-order valence-electron chi connectivity index (χ3n) is 4.41. The number of benzene rings is 1. The van der Waals surface area contributed by atoms with Crippen molar-refractivity contribution in [2.24, 2.45) is 14.1 Å². The Balaban J connectivity index is 2.59. The van der Waals surface area contributed by atoms with E-state index in [9.17, 15) is 9.59 Å². The quantitative estimate of drug-likeness (QED) is 0.866. The summed E-state index contributed by atoms with van der Waals surface area (Å²) in [4.78, 5) is 26.5. The Morgan fingerprint density at radius 2 is 1.55 bits per heavy atom. The summed E-state index contributed by atoms with van der Waals surface area (Å²) < 4.78 is 2.66. The maximum absolute atomic E-state index is 12.4. The standard InChI is InChI=1S/C17H23N3O2/c1-11(18(3)4)13-7-9-14(10-8-13)15-12(2)19(5)17(22)20(6)16(15)21/h7-11H,1-6H3. The van der Waals surface area contributed by atoms with Gasteiger partial charge in [0.05, 0.1) is 5.56 Å². The highest BCUT2D eigenvalue weighted by atomic mass is 16.2.